The number of carboxylic acid groups (broad SMARTS) is 1. The molecule has 5 rings (SSSR count). The standard InChI is InChI=1S/C26H25F3N4O4/c1-15-22(14-24(34)35)33(31-25(15)26(27,28)29)17-3-6-19(7-4-17)37-20-9-11-32(12-10-20)18-5-8-21-23(13-18)36-16(2)30-21/h3-8,13,20,22H,1,9-12,14H2,2H3,(H,34,35)/t22-/m0/s1. The monoisotopic (exact) mass is 514 g/mol. The van der Waals surface area contributed by atoms with Crippen LogP contribution in [0.4, 0.5) is 24.5 Å². The van der Waals surface area contributed by atoms with Crippen molar-refractivity contribution in [1.29, 1.82) is 0 Å². The van der Waals surface area contributed by atoms with Crippen LogP contribution in [0, 0.1) is 6.92 Å². The van der Waals surface area contributed by atoms with Crippen molar-refractivity contribution in [3.8, 4) is 5.75 Å². The van der Waals surface area contributed by atoms with Crippen LogP contribution in [0.15, 0.2) is 64.1 Å². The summed E-state index contributed by atoms with van der Waals surface area (Å²) in [5.74, 6) is -0.0320. The van der Waals surface area contributed by atoms with Crippen molar-refractivity contribution in [2.24, 2.45) is 5.10 Å². The van der Waals surface area contributed by atoms with E-state index in [1.165, 1.54) is 0 Å². The molecule has 0 aliphatic carbocycles. The number of aryl methyl sites for hydroxylation is 1. The molecule has 1 saturated heterocycles. The smallest absolute Gasteiger partial charge is 0.435 e. The molecule has 0 spiro atoms. The quantitative estimate of drug-likeness (QED) is 0.476. The Kier molecular flexibility index (Phi) is 6.30. The van der Waals surface area contributed by atoms with Crippen molar-refractivity contribution < 1.29 is 32.2 Å². The number of hydrazone groups is 1. The summed E-state index contributed by atoms with van der Waals surface area (Å²) in [5.41, 5.74) is 1.45. The van der Waals surface area contributed by atoms with E-state index in [-0.39, 0.29) is 11.7 Å². The fourth-order valence-electron chi connectivity index (χ4n) is 4.73. The van der Waals surface area contributed by atoms with E-state index in [4.69, 9.17) is 9.15 Å². The highest BCUT2D eigenvalue weighted by Gasteiger charge is 2.46. The number of carbonyl (C=O) groups is 1. The lowest BCUT2D eigenvalue weighted by molar-refractivity contribution is -0.137. The summed E-state index contributed by atoms with van der Waals surface area (Å²) in [5, 5.41) is 13.9. The van der Waals surface area contributed by atoms with Gasteiger partial charge in [0, 0.05) is 50.2 Å². The lowest BCUT2D eigenvalue weighted by Gasteiger charge is -2.33. The van der Waals surface area contributed by atoms with Crippen LogP contribution in [-0.4, -0.2) is 53.2 Å². The summed E-state index contributed by atoms with van der Waals surface area (Å²) < 4.78 is 51.8. The number of hydrogen-bond donors (Lipinski definition) is 1. The molecular formula is C26H25F3N4O4. The summed E-state index contributed by atoms with van der Waals surface area (Å²) in [6.45, 7) is 6.87. The second-order valence-corrected chi connectivity index (χ2v) is 9.11. The van der Waals surface area contributed by atoms with Gasteiger partial charge in [0.05, 0.1) is 18.2 Å². The van der Waals surface area contributed by atoms with Crippen LogP contribution in [0.2, 0.25) is 0 Å². The number of piperidine rings is 1. The number of anilines is 2. The fraction of sp³-hybridized carbons (Fsp3) is 0.346. The van der Waals surface area contributed by atoms with Gasteiger partial charge in [-0.05, 0) is 36.4 Å². The summed E-state index contributed by atoms with van der Waals surface area (Å²) in [7, 11) is 0. The van der Waals surface area contributed by atoms with Gasteiger partial charge in [0.1, 0.15) is 17.4 Å². The van der Waals surface area contributed by atoms with Gasteiger partial charge in [-0.25, -0.2) is 4.98 Å². The molecule has 0 unspecified atom stereocenters. The second kappa shape index (κ2) is 9.45. The first-order chi connectivity index (χ1) is 17.6. The van der Waals surface area contributed by atoms with E-state index in [9.17, 15) is 23.1 Å². The number of aliphatic carboxylic acids is 1. The lowest BCUT2D eigenvalue weighted by Crippen LogP contribution is -2.38. The van der Waals surface area contributed by atoms with Crippen molar-refractivity contribution in [2.45, 2.75) is 44.5 Å². The second-order valence-electron chi connectivity index (χ2n) is 9.11. The summed E-state index contributed by atoms with van der Waals surface area (Å²) in [6, 6.07) is 11.3. The van der Waals surface area contributed by atoms with Crippen molar-refractivity contribution in [3.63, 3.8) is 0 Å². The molecule has 8 nitrogen and oxygen atoms in total. The number of aromatic nitrogens is 1. The Morgan fingerprint density at radius 1 is 1.16 bits per heavy atom. The first-order valence-corrected chi connectivity index (χ1v) is 11.8. The average molecular weight is 515 g/mol. The highest BCUT2D eigenvalue weighted by molar-refractivity contribution is 6.08. The maximum atomic E-state index is 13.3. The topological polar surface area (TPSA) is 91.4 Å². The van der Waals surface area contributed by atoms with Gasteiger partial charge in [-0.1, -0.05) is 6.58 Å². The minimum atomic E-state index is -4.72. The van der Waals surface area contributed by atoms with E-state index >= 15 is 0 Å². The molecule has 1 aromatic heterocycles. The maximum Gasteiger partial charge on any atom is 0.435 e. The molecule has 0 bridgehead atoms. The zero-order chi connectivity index (χ0) is 26.3. The number of benzene rings is 2. The van der Waals surface area contributed by atoms with Gasteiger partial charge in [0.2, 0.25) is 0 Å². The van der Waals surface area contributed by atoms with E-state index in [1.54, 1.807) is 24.3 Å². The predicted octanol–water partition coefficient (Wildman–Crippen LogP) is 5.32. The van der Waals surface area contributed by atoms with Gasteiger partial charge >= 0.3 is 12.1 Å². The fourth-order valence-corrected chi connectivity index (χ4v) is 4.73. The van der Waals surface area contributed by atoms with Crippen molar-refractivity contribution in [2.75, 3.05) is 23.0 Å². The van der Waals surface area contributed by atoms with E-state index in [0.29, 0.717) is 17.3 Å². The molecule has 1 atom stereocenters. The Balaban J connectivity index is 1.23. The van der Waals surface area contributed by atoms with Crippen LogP contribution < -0.4 is 14.6 Å². The van der Waals surface area contributed by atoms with Crippen molar-refractivity contribution in [3.05, 3.63) is 60.5 Å². The number of hydrogen-bond acceptors (Lipinski definition) is 7. The summed E-state index contributed by atoms with van der Waals surface area (Å²) in [6.07, 6.45) is -3.70. The van der Waals surface area contributed by atoms with Crippen molar-refractivity contribution in [1.82, 2.24) is 4.98 Å². The molecule has 0 radical (unpaired) electrons. The molecule has 1 N–H and O–H groups in total. The third-order valence-electron chi connectivity index (χ3n) is 6.54. The average Bonchev–Trinajstić information content (AvgIpc) is 3.38. The predicted molar refractivity (Wildman–Crippen MR) is 132 cm³/mol. The van der Waals surface area contributed by atoms with Gasteiger partial charge < -0.3 is 19.2 Å². The minimum Gasteiger partial charge on any atom is -0.490 e. The Bertz CT molecular complexity index is 1360. The van der Waals surface area contributed by atoms with Gasteiger partial charge in [-0.15, -0.1) is 0 Å². The molecule has 3 aromatic rings. The Labute approximate surface area is 210 Å². The third-order valence-corrected chi connectivity index (χ3v) is 6.54. The Morgan fingerprint density at radius 2 is 1.84 bits per heavy atom. The lowest BCUT2D eigenvalue weighted by atomic mass is 10.0. The maximum absolute atomic E-state index is 13.3. The zero-order valence-corrected chi connectivity index (χ0v) is 20.0. The number of nitrogens with zero attached hydrogens (tertiary/aromatic N) is 4. The van der Waals surface area contributed by atoms with Gasteiger partial charge in [-0.2, -0.15) is 18.3 Å². The van der Waals surface area contributed by atoms with Crippen molar-refractivity contribution >= 4 is 34.2 Å². The van der Waals surface area contributed by atoms with Crippen LogP contribution in [-0.2, 0) is 4.79 Å². The first-order valence-electron chi connectivity index (χ1n) is 11.8. The zero-order valence-electron chi connectivity index (χ0n) is 20.0. The highest BCUT2D eigenvalue weighted by atomic mass is 19.4. The molecule has 37 heavy (non-hydrogen) atoms. The number of ether oxygens (including phenoxy) is 1. The molecule has 2 aliphatic rings. The number of fused-ring (bicyclic) bond motifs is 1. The normalized spacial score (nSPS) is 19.0. The van der Waals surface area contributed by atoms with Crippen LogP contribution in [0.25, 0.3) is 11.1 Å². The number of alkyl halides is 3. The molecular weight excluding hydrogens is 489 g/mol. The molecule has 2 aliphatic heterocycles. The summed E-state index contributed by atoms with van der Waals surface area (Å²) in [4.78, 5) is 17.8. The largest absolute Gasteiger partial charge is 0.490 e. The molecule has 2 aromatic carbocycles. The highest BCUT2D eigenvalue weighted by Crippen LogP contribution is 2.36. The van der Waals surface area contributed by atoms with Crippen LogP contribution in [0.1, 0.15) is 25.2 Å². The number of halogens is 3. The molecule has 1 fully saturated rings. The Morgan fingerprint density at radius 3 is 2.49 bits per heavy atom. The Hall–Kier alpha value is -4.02. The SMILES string of the molecule is C=C1C(C(F)(F)F)=NN(c2ccc(OC3CCN(c4ccc5nc(C)oc5c4)CC3)cc2)[C@H]1CC(=O)O. The van der Waals surface area contributed by atoms with E-state index in [2.05, 4.69) is 21.6 Å². The number of rotatable bonds is 6. The van der Waals surface area contributed by atoms with E-state index in [0.717, 1.165) is 47.7 Å². The number of carboxylic acids is 1. The molecule has 194 valence electrons. The van der Waals surface area contributed by atoms with Crippen LogP contribution in [0.3, 0.4) is 0 Å². The third kappa shape index (κ3) is 5.11. The molecule has 0 amide bonds. The molecule has 3 heterocycles. The molecule has 11 heteroatoms. The van der Waals surface area contributed by atoms with E-state index < -0.39 is 30.3 Å². The van der Waals surface area contributed by atoms with Crippen LogP contribution in [0.5, 0.6) is 5.75 Å². The number of oxazole rings is 1. The first kappa shape index (κ1) is 24.7. The minimum absolute atomic E-state index is 0.0143. The molecule has 0 saturated carbocycles. The van der Waals surface area contributed by atoms with Gasteiger partial charge in [0.15, 0.2) is 17.2 Å². The summed E-state index contributed by atoms with van der Waals surface area (Å²) >= 11 is 0. The van der Waals surface area contributed by atoms with Crippen LogP contribution >= 0.6 is 0 Å². The van der Waals surface area contributed by atoms with Gasteiger partial charge in [0.25, 0.3) is 0 Å². The van der Waals surface area contributed by atoms with E-state index in [1.807, 2.05) is 25.1 Å². The van der Waals surface area contributed by atoms with Gasteiger partial charge in [-0.3, -0.25) is 9.80 Å².